The second kappa shape index (κ2) is 6.37. The van der Waals surface area contributed by atoms with Crippen molar-refractivity contribution < 1.29 is 13.5 Å². The number of hydrogen-bond donors (Lipinski definition) is 0. The fourth-order valence-corrected chi connectivity index (χ4v) is 3.33. The molecule has 1 unspecified atom stereocenters. The van der Waals surface area contributed by atoms with Crippen LogP contribution in [0.25, 0.3) is 11.4 Å². The number of carbonyl (C=O) groups is 1. The SMILES string of the molecule is Cc1nc(-c2cccc(C(=O)N=S(C)(=O)c3ccccc3)c2)no1. The van der Waals surface area contributed by atoms with Crippen LogP contribution in [0.2, 0.25) is 0 Å². The minimum absolute atomic E-state index is 0.320. The zero-order chi connectivity index (χ0) is 17.2. The zero-order valence-electron chi connectivity index (χ0n) is 13.2. The van der Waals surface area contributed by atoms with Crippen molar-refractivity contribution in [3.8, 4) is 11.4 Å². The zero-order valence-corrected chi connectivity index (χ0v) is 14.0. The van der Waals surface area contributed by atoms with E-state index in [4.69, 9.17) is 4.52 Å². The standard InChI is InChI=1S/C17H15N3O3S/c1-12-18-16(19-23-12)13-7-6-8-14(11-13)17(21)20-24(2,22)15-9-4-3-5-10-15/h3-11H,1-2H3. The maximum absolute atomic E-state index is 12.7. The molecule has 0 fully saturated rings. The summed E-state index contributed by atoms with van der Waals surface area (Å²) >= 11 is 0. The van der Waals surface area contributed by atoms with Crippen LogP contribution in [0.5, 0.6) is 0 Å². The molecule has 1 amide bonds. The number of hydrogen-bond acceptors (Lipinski definition) is 5. The summed E-state index contributed by atoms with van der Waals surface area (Å²) in [6.45, 7) is 1.69. The quantitative estimate of drug-likeness (QED) is 0.729. The Labute approximate surface area is 139 Å². The normalized spacial score (nSPS) is 13.2. The lowest BCUT2D eigenvalue weighted by Gasteiger charge is -2.04. The Morgan fingerprint density at radius 1 is 1.12 bits per heavy atom. The highest BCUT2D eigenvalue weighted by Crippen LogP contribution is 2.19. The third-order valence-electron chi connectivity index (χ3n) is 3.33. The Hall–Kier alpha value is -2.80. The predicted octanol–water partition coefficient (Wildman–Crippen LogP) is 3.34. The van der Waals surface area contributed by atoms with Gasteiger partial charge in [-0.25, -0.2) is 4.21 Å². The molecule has 0 saturated carbocycles. The van der Waals surface area contributed by atoms with Crippen LogP contribution in [0, 0.1) is 6.92 Å². The smallest absolute Gasteiger partial charge is 0.285 e. The number of benzene rings is 2. The van der Waals surface area contributed by atoms with E-state index >= 15 is 0 Å². The van der Waals surface area contributed by atoms with E-state index in [9.17, 15) is 9.00 Å². The summed E-state index contributed by atoms with van der Waals surface area (Å²) in [5.74, 6) is 0.280. The van der Waals surface area contributed by atoms with Crippen LogP contribution in [0.15, 0.2) is 68.4 Å². The highest BCUT2D eigenvalue weighted by molar-refractivity contribution is 7.93. The molecular formula is C17H15N3O3S. The van der Waals surface area contributed by atoms with Crippen molar-refractivity contribution in [1.82, 2.24) is 10.1 Å². The van der Waals surface area contributed by atoms with Gasteiger partial charge in [0.25, 0.3) is 5.91 Å². The van der Waals surface area contributed by atoms with Crippen LogP contribution in [-0.2, 0) is 9.73 Å². The lowest BCUT2D eigenvalue weighted by Crippen LogP contribution is -2.04. The minimum atomic E-state index is -2.81. The van der Waals surface area contributed by atoms with Crippen molar-refractivity contribution in [1.29, 1.82) is 0 Å². The van der Waals surface area contributed by atoms with E-state index in [1.54, 1.807) is 55.5 Å². The van der Waals surface area contributed by atoms with Crippen LogP contribution >= 0.6 is 0 Å². The maximum Gasteiger partial charge on any atom is 0.285 e. The average Bonchev–Trinajstić information content (AvgIpc) is 3.02. The molecule has 0 radical (unpaired) electrons. The molecule has 122 valence electrons. The molecule has 3 aromatic rings. The van der Waals surface area contributed by atoms with Gasteiger partial charge >= 0.3 is 0 Å². The number of rotatable bonds is 3. The number of aromatic nitrogens is 2. The second-order valence-corrected chi connectivity index (χ2v) is 7.49. The predicted molar refractivity (Wildman–Crippen MR) is 90.0 cm³/mol. The van der Waals surface area contributed by atoms with Gasteiger partial charge in [-0.1, -0.05) is 35.5 Å². The molecule has 0 N–H and O–H groups in total. The lowest BCUT2D eigenvalue weighted by molar-refractivity contribution is 0.100. The van der Waals surface area contributed by atoms with Crippen molar-refractivity contribution in [3.63, 3.8) is 0 Å². The Balaban J connectivity index is 1.96. The number of carbonyl (C=O) groups excluding carboxylic acids is 1. The van der Waals surface area contributed by atoms with E-state index in [1.165, 1.54) is 6.26 Å². The Kier molecular flexibility index (Phi) is 4.26. The average molecular weight is 341 g/mol. The molecule has 7 heteroatoms. The highest BCUT2D eigenvalue weighted by atomic mass is 32.2. The van der Waals surface area contributed by atoms with Crippen molar-refractivity contribution in [3.05, 3.63) is 66.1 Å². The van der Waals surface area contributed by atoms with E-state index in [2.05, 4.69) is 14.5 Å². The summed E-state index contributed by atoms with van der Waals surface area (Å²) < 4.78 is 21.6. The van der Waals surface area contributed by atoms with E-state index in [-0.39, 0.29) is 0 Å². The van der Waals surface area contributed by atoms with Gasteiger partial charge in [-0.15, -0.1) is 0 Å². The molecule has 0 aliphatic heterocycles. The minimum Gasteiger partial charge on any atom is -0.339 e. The molecule has 1 heterocycles. The molecule has 0 spiro atoms. The van der Waals surface area contributed by atoms with Gasteiger partial charge in [0, 0.05) is 29.2 Å². The van der Waals surface area contributed by atoms with Gasteiger partial charge in [-0.2, -0.15) is 9.35 Å². The van der Waals surface area contributed by atoms with E-state index < -0.39 is 15.6 Å². The van der Waals surface area contributed by atoms with Gasteiger partial charge in [0.15, 0.2) is 0 Å². The van der Waals surface area contributed by atoms with Gasteiger partial charge < -0.3 is 4.52 Å². The summed E-state index contributed by atoms with van der Waals surface area (Å²) in [7, 11) is -2.81. The molecule has 0 saturated heterocycles. The van der Waals surface area contributed by atoms with E-state index in [0.717, 1.165) is 0 Å². The van der Waals surface area contributed by atoms with Crippen LogP contribution < -0.4 is 0 Å². The van der Waals surface area contributed by atoms with Gasteiger partial charge in [0.05, 0.1) is 9.73 Å². The van der Waals surface area contributed by atoms with Gasteiger partial charge in [-0.3, -0.25) is 4.79 Å². The summed E-state index contributed by atoms with van der Waals surface area (Å²) in [5.41, 5.74) is 0.954. The first kappa shape index (κ1) is 16.1. The fraction of sp³-hybridized carbons (Fsp3) is 0.118. The molecule has 24 heavy (non-hydrogen) atoms. The number of nitrogens with zero attached hydrogens (tertiary/aromatic N) is 3. The number of amides is 1. The molecule has 2 aromatic carbocycles. The first-order chi connectivity index (χ1) is 11.5. The molecule has 3 rings (SSSR count). The second-order valence-electron chi connectivity index (χ2n) is 5.23. The van der Waals surface area contributed by atoms with Gasteiger partial charge in [-0.05, 0) is 24.3 Å². The van der Waals surface area contributed by atoms with Crippen molar-refractivity contribution in [2.45, 2.75) is 11.8 Å². The van der Waals surface area contributed by atoms with E-state index in [1.807, 2.05) is 6.07 Å². The third-order valence-corrected chi connectivity index (χ3v) is 4.99. The Bertz CT molecular complexity index is 1000. The summed E-state index contributed by atoms with van der Waals surface area (Å²) in [4.78, 5) is 17.1. The third kappa shape index (κ3) is 3.41. The van der Waals surface area contributed by atoms with Crippen molar-refractivity contribution in [2.75, 3.05) is 6.26 Å². The molecule has 1 atom stereocenters. The largest absolute Gasteiger partial charge is 0.339 e. The topological polar surface area (TPSA) is 85.4 Å². The maximum atomic E-state index is 12.7. The molecule has 0 aliphatic carbocycles. The molecule has 6 nitrogen and oxygen atoms in total. The molecule has 0 aliphatic rings. The lowest BCUT2D eigenvalue weighted by atomic mass is 10.1. The van der Waals surface area contributed by atoms with E-state index in [0.29, 0.717) is 27.7 Å². The van der Waals surface area contributed by atoms with Crippen molar-refractivity contribution >= 4 is 15.6 Å². The monoisotopic (exact) mass is 341 g/mol. The first-order valence-corrected chi connectivity index (χ1v) is 9.10. The fourth-order valence-electron chi connectivity index (χ4n) is 2.14. The summed E-state index contributed by atoms with van der Waals surface area (Å²) in [6.07, 6.45) is 1.45. The summed E-state index contributed by atoms with van der Waals surface area (Å²) in [6, 6.07) is 15.4. The first-order valence-electron chi connectivity index (χ1n) is 7.18. The van der Waals surface area contributed by atoms with Crippen LogP contribution in [0.3, 0.4) is 0 Å². The summed E-state index contributed by atoms with van der Waals surface area (Å²) in [5, 5.41) is 3.82. The van der Waals surface area contributed by atoms with Gasteiger partial charge in [0.2, 0.25) is 11.7 Å². The highest BCUT2D eigenvalue weighted by Gasteiger charge is 2.13. The van der Waals surface area contributed by atoms with Gasteiger partial charge in [0.1, 0.15) is 0 Å². The molecule has 0 bridgehead atoms. The molecule has 1 aromatic heterocycles. The Morgan fingerprint density at radius 2 is 1.88 bits per heavy atom. The van der Waals surface area contributed by atoms with Crippen LogP contribution in [0.1, 0.15) is 16.2 Å². The van der Waals surface area contributed by atoms with Crippen LogP contribution in [-0.4, -0.2) is 26.5 Å². The van der Waals surface area contributed by atoms with Crippen molar-refractivity contribution in [2.24, 2.45) is 4.36 Å². The molecular weight excluding hydrogens is 326 g/mol. The number of aryl methyl sites for hydroxylation is 1. The Morgan fingerprint density at radius 3 is 2.54 bits per heavy atom. The van der Waals surface area contributed by atoms with Crippen LogP contribution in [0.4, 0.5) is 0 Å².